The molecule has 6 heteroatoms. The summed E-state index contributed by atoms with van der Waals surface area (Å²) in [4.78, 5) is 14.2. The Kier molecular flexibility index (Phi) is 5.34. The first-order valence-electron chi connectivity index (χ1n) is 11.2. The number of benzene rings is 1. The van der Waals surface area contributed by atoms with Crippen molar-refractivity contribution in [3.8, 4) is 5.75 Å². The summed E-state index contributed by atoms with van der Waals surface area (Å²) < 4.78 is 10.3. The summed E-state index contributed by atoms with van der Waals surface area (Å²) in [6.45, 7) is 2.72. The summed E-state index contributed by atoms with van der Waals surface area (Å²) in [5.41, 5.74) is 2.23. The van der Waals surface area contributed by atoms with Crippen molar-refractivity contribution in [3.05, 3.63) is 58.6 Å². The van der Waals surface area contributed by atoms with E-state index in [4.69, 9.17) is 4.74 Å². The molecule has 0 N–H and O–H groups in total. The molecular formula is C24H30N4O2. The summed E-state index contributed by atoms with van der Waals surface area (Å²) in [5.74, 6) is 1.01. The molecule has 1 aliphatic heterocycles. The first kappa shape index (κ1) is 19.4. The molecule has 1 aromatic carbocycles. The van der Waals surface area contributed by atoms with Crippen molar-refractivity contribution in [1.82, 2.24) is 19.2 Å². The summed E-state index contributed by atoms with van der Waals surface area (Å²) in [5, 5.41) is 5.36. The second-order valence-electron chi connectivity index (χ2n) is 8.77. The van der Waals surface area contributed by atoms with Gasteiger partial charge in [-0.05, 0) is 49.4 Å². The SMILES string of the molecule is Cn1ncc(CN2CCC(Oc3cccc4c3ccn4C3CCCC3)CC2)cc1=O. The van der Waals surface area contributed by atoms with E-state index in [-0.39, 0.29) is 11.7 Å². The van der Waals surface area contributed by atoms with Gasteiger partial charge in [-0.1, -0.05) is 18.9 Å². The maximum Gasteiger partial charge on any atom is 0.266 e. The molecule has 1 aliphatic carbocycles. The van der Waals surface area contributed by atoms with Crippen LogP contribution in [0.4, 0.5) is 0 Å². The first-order chi connectivity index (χ1) is 14.7. The monoisotopic (exact) mass is 406 g/mol. The molecule has 0 spiro atoms. The highest BCUT2D eigenvalue weighted by molar-refractivity contribution is 5.86. The third-order valence-corrected chi connectivity index (χ3v) is 6.70. The van der Waals surface area contributed by atoms with E-state index in [1.165, 1.54) is 41.3 Å². The lowest BCUT2D eigenvalue weighted by Crippen LogP contribution is -2.38. The highest BCUT2D eigenvalue weighted by Crippen LogP contribution is 2.36. The summed E-state index contributed by atoms with van der Waals surface area (Å²) >= 11 is 0. The Labute approximate surface area is 177 Å². The van der Waals surface area contributed by atoms with Crippen LogP contribution in [0, 0.1) is 0 Å². The van der Waals surface area contributed by atoms with Gasteiger partial charge in [-0.2, -0.15) is 5.10 Å². The molecule has 0 amide bonds. The second kappa shape index (κ2) is 8.26. The van der Waals surface area contributed by atoms with Gasteiger partial charge in [0.15, 0.2) is 0 Å². The maximum atomic E-state index is 11.8. The molecule has 0 radical (unpaired) electrons. The van der Waals surface area contributed by atoms with E-state index >= 15 is 0 Å². The van der Waals surface area contributed by atoms with E-state index in [2.05, 4.69) is 45.0 Å². The topological polar surface area (TPSA) is 52.3 Å². The molecule has 2 aliphatic rings. The van der Waals surface area contributed by atoms with Crippen LogP contribution in [-0.4, -0.2) is 38.4 Å². The molecule has 0 bridgehead atoms. The van der Waals surface area contributed by atoms with Gasteiger partial charge in [0.1, 0.15) is 11.9 Å². The van der Waals surface area contributed by atoms with Crippen LogP contribution in [0.2, 0.25) is 0 Å². The lowest BCUT2D eigenvalue weighted by atomic mass is 10.1. The Hall–Kier alpha value is -2.60. The predicted octanol–water partition coefficient (Wildman–Crippen LogP) is 3.89. The van der Waals surface area contributed by atoms with E-state index in [1.807, 2.05) is 0 Å². The van der Waals surface area contributed by atoms with E-state index in [9.17, 15) is 4.79 Å². The smallest absolute Gasteiger partial charge is 0.266 e. The molecule has 3 heterocycles. The van der Waals surface area contributed by atoms with Gasteiger partial charge in [0, 0.05) is 50.4 Å². The van der Waals surface area contributed by atoms with Gasteiger partial charge < -0.3 is 9.30 Å². The average Bonchev–Trinajstić information content (AvgIpc) is 3.42. The van der Waals surface area contributed by atoms with Crippen molar-refractivity contribution in [2.24, 2.45) is 7.05 Å². The lowest BCUT2D eigenvalue weighted by molar-refractivity contribution is 0.0978. The van der Waals surface area contributed by atoms with Gasteiger partial charge in [0.25, 0.3) is 5.56 Å². The molecule has 0 unspecified atom stereocenters. The minimum absolute atomic E-state index is 0.0524. The van der Waals surface area contributed by atoms with Gasteiger partial charge in [0.05, 0.1) is 11.7 Å². The van der Waals surface area contributed by atoms with Crippen molar-refractivity contribution < 1.29 is 4.74 Å². The maximum absolute atomic E-state index is 11.8. The minimum atomic E-state index is -0.0524. The van der Waals surface area contributed by atoms with E-state index in [0.29, 0.717) is 6.04 Å². The Morgan fingerprint density at radius 3 is 2.67 bits per heavy atom. The molecule has 0 atom stereocenters. The van der Waals surface area contributed by atoms with Gasteiger partial charge in [-0.15, -0.1) is 0 Å². The molecule has 2 fully saturated rings. The summed E-state index contributed by atoms with van der Waals surface area (Å²) in [6.07, 6.45) is 11.5. The fraction of sp³-hybridized carbons (Fsp3) is 0.500. The Bertz CT molecular complexity index is 1070. The van der Waals surface area contributed by atoms with E-state index in [0.717, 1.165) is 43.8 Å². The van der Waals surface area contributed by atoms with E-state index < -0.39 is 0 Å². The van der Waals surface area contributed by atoms with Crippen molar-refractivity contribution >= 4 is 10.9 Å². The van der Waals surface area contributed by atoms with Gasteiger partial charge in [0.2, 0.25) is 0 Å². The highest BCUT2D eigenvalue weighted by Gasteiger charge is 2.23. The van der Waals surface area contributed by atoms with Crippen molar-refractivity contribution in [3.63, 3.8) is 0 Å². The van der Waals surface area contributed by atoms with Crippen LogP contribution in [0.25, 0.3) is 10.9 Å². The van der Waals surface area contributed by atoms with Crippen LogP contribution >= 0.6 is 0 Å². The normalized spacial score (nSPS) is 19.0. The van der Waals surface area contributed by atoms with Gasteiger partial charge in [-0.25, -0.2) is 4.68 Å². The molecule has 158 valence electrons. The molecule has 1 saturated carbocycles. The number of fused-ring (bicyclic) bond motifs is 1. The third kappa shape index (κ3) is 3.88. The zero-order valence-electron chi connectivity index (χ0n) is 17.7. The molecule has 2 aromatic heterocycles. The van der Waals surface area contributed by atoms with Crippen LogP contribution in [0.15, 0.2) is 47.5 Å². The molecule has 1 saturated heterocycles. The summed E-state index contributed by atoms with van der Waals surface area (Å²) in [6, 6.07) is 11.0. The fourth-order valence-corrected chi connectivity index (χ4v) is 4.98. The number of rotatable bonds is 5. The van der Waals surface area contributed by atoms with Crippen LogP contribution in [0.1, 0.15) is 50.1 Å². The Balaban J connectivity index is 1.22. The summed E-state index contributed by atoms with van der Waals surface area (Å²) in [7, 11) is 1.68. The molecular weight excluding hydrogens is 376 g/mol. The van der Waals surface area contributed by atoms with Crippen LogP contribution in [0.5, 0.6) is 5.75 Å². The first-order valence-corrected chi connectivity index (χ1v) is 11.2. The number of aryl methyl sites for hydroxylation is 1. The molecule has 30 heavy (non-hydrogen) atoms. The number of hydrogen-bond acceptors (Lipinski definition) is 4. The molecule has 5 rings (SSSR count). The van der Waals surface area contributed by atoms with Gasteiger partial charge >= 0.3 is 0 Å². The number of likely N-dealkylation sites (tertiary alicyclic amines) is 1. The average molecular weight is 407 g/mol. The van der Waals surface area contributed by atoms with Crippen LogP contribution in [-0.2, 0) is 13.6 Å². The number of ether oxygens (including phenoxy) is 1. The highest BCUT2D eigenvalue weighted by atomic mass is 16.5. The van der Waals surface area contributed by atoms with Crippen LogP contribution in [0.3, 0.4) is 0 Å². The van der Waals surface area contributed by atoms with Gasteiger partial charge in [-0.3, -0.25) is 9.69 Å². The zero-order valence-corrected chi connectivity index (χ0v) is 17.7. The number of aromatic nitrogens is 3. The zero-order chi connectivity index (χ0) is 20.5. The van der Waals surface area contributed by atoms with Crippen molar-refractivity contribution in [2.75, 3.05) is 13.1 Å². The number of piperidine rings is 1. The van der Waals surface area contributed by atoms with Crippen LogP contribution < -0.4 is 10.3 Å². The quantitative estimate of drug-likeness (QED) is 0.645. The number of hydrogen-bond donors (Lipinski definition) is 0. The second-order valence-corrected chi connectivity index (χ2v) is 8.77. The Morgan fingerprint density at radius 2 is 1.90 bits per heavy atom. The third-order valence-electron chi connectivity index (χ3n) is 6.70. The number of nitrogens with zero attached hydrogens (tertiary/aromatic N) is 4. The molecule has 3 aromatic rings. The predicted molar refractivity (Wildman–Crippen MR) is 118 cm³/mol. The standard InChI is InChI=1S/C24H30N4O2/c1-26-24(29)15-18(16-25-26)17-27-12-9-20(10-13-27)30-23-8-4-7-22-21(23)11-14-28(22)19-5-2-3-6-19/h4,7-8,11,14-16,19-20H,2-3,5-6,9-10,12-13,17H2,1H3. The fourth-order valence-electron chi connectivity index (χ4n) is 4.98. The lowest BCUT2D eigenvalue weighted by Gasteiger charge is -2.32. The Morgan fingerprint density at radius 1 is 1.10 bits per heavy atom. The van der Waals surface area contributed by atoms with Crippen molar-refractivity contribution in [2.45, 2.75) is 57.2 Å². The van der Waals surface area contributed by atoms with E-state index in [1.54, 1.807) is 19.3 Å². The largest absolute Gasteiger partial charge is 0.490 e. The molecule has 6 nitrogen and oxygen atoms in total. The minimum Gasteiger partial charge on any atom is -0.490 e. The van der Waals surface area contributed by atoms with Crippen molar-refractivity contribution in [1.29, 1.82) is 0 Å².